The van der Waals surface area contributed by atoms with Crippen LogP contribution in [0.1, 0.15) is 16.8 Å². The molecule has 0 saturated heterocycles. The highest BCUT2D eigenvalue weighted by Crippen LogP contribution is 2.29. The normalized spacial score (nSPS) is 10.8. The number of anilines is 2. The molecule has 0 atom stereocenters. The molecule has 21 heavy (non-hydrogen) atoms. The first-order chi connectivity index (χ1) is 10.1. The molecule has 0 fully saturated rings. The second-order valence-electron chi connectivity index (χ2n) is 5.19. The van der Waals surface area contributed by atoms with Crippen molar-refractivity contribution in [2.45, 2.75) is 20.8 Å². The first-order valence-corrected chi connectivity index (χ1v) is 6.85. The molecular formula is C17H17N3O. The Morgan fingerprint density at radius 1 is 1.05 bits per heavy atom. The largest absolute Gasteiger partial charge is 0.506 e. The van der Waals surface area contributed by atoms with Crippen molar-refractivity contribution in [3.63, 3.8) is 0 Å². The minimum Gasteiger partial charge on any atom is -0.506 e. The van der Waals surface area contributed by atoms with E-state index in [2.05, 4.69) is 15.3 Å². The Morgan fingerprint density at radius 2 is 1.81 bits per heavy atom. The molecule has 2 aromatic heterocycles. The Hall–Kier alpha value is -2.62. The van der Waals surface area contributed by atoms with Gasteiger partial charge in [0.05, 0.1) is 23.1 Å². The van der Waals surface area contributed by atoms with Gasteiger partial charge in [0.2, 0.25) is 0 Å². The van der Waals surface area contributed by atoms with Crippen LogP contribution < -0.4 is 5.32 Å². The zero-order chi connectivity index (χ0) is 15.0. The van der Waals surface area contributed by atoms with Crippen molar-refractivity contribution < 1.29 is 5.11 Å². The molecule has 0 aliphatic carbocycles. The van der Waals surface area contributed by atoms with E-state index in [-0.39, 0.29) is 5.75 Å². The number of nitrogens with zero attached hydrogens (tertiary/aromatic N) is 2. The van der Waals surface area contributed by atoms with Crippen LogP contribution in [-0.4, -0.2) is 15.1 Å². The van der Waals surface area contributed by atoms with E-state index in [0.717, 1.165) is 33.5 Å². The molecule has 106 valence electrons. The summed E-state index contributed by atoms with van der Waals surface area (Å²) < 4.78 is 0. The van der Waals surface area contributed by atoms with Crippen LogP contribution in [0.4, 0.5) is 11.5 Å². The molecule has 0 spiro atoms. The molecule has 2 N–H and O–H groups in total. The van der Waals surface area contributed by atoms with Crippen LogP contribution in [0.5, 0.6) is 5.75 Å². The van der Waals surface area contributed by atoms with Crippen LogP contribution in [0.2, 0.25) is 0 Å². The fraction of sp³-hybridized carbons (Fsp3) is 0.176. The third kappa shape index (κ3) is 2.40. The fourth-order valence-corrected chi connectivity index (χ4v) is 2.33. The van der Waals surface area contributed by atoms with Crippen molar-refractivity contribution in [2.75, 3.05) is 5.32 Å². The van der Waals surface area contributed by atoms with E-state index >= 15 is 0 Å². The molecule has 0 aliphatic rings. The molecule has 0 aliphatic heterocycles. The molecule has 2 heterocycles. The maximum absolute atomic E-state index is 9.92. The molecule has 0 radical (unpaired) electrons. The second kappa shape index (κ2) is 5.05. The summed E-state index contributed by atoms with van der Waals surface area (Å²) >= 11 is 0. The Kier molecular flexibility index (Phi) is 3.22. The van der Waals surface area contributed by atoms with E-state index < -0.39 is 0 Å². The van der Waals surface area contributed by atoms with Gasteiger partial charge in [-0.05, 0) is 44.0 Å². The molecule has 3 rings (SSSR count). The summed E-state index contributed by atoms with van der Waals surface area (Å²) in [6, 6.07) is 10.0. The summed E-state index contributed by atoms with van der Waals surface area (Å²) in [4.78, 5) is 8.85. The predicted molar refractivity (Wildman–Crippen MR) is 85.1 cm³/mol. The van der Waals surface area contributed by atoms with Crippen LogP contribution in [0.15, 0.2) is 36.5 Å². The zero-order valence-electron chi connectivity index (χ0n) is 12.3. The molecule has 0 amide bonds. The van der Waals surface area contributed by atoms with Gasteiger partial charge < -0.3 is 10.4 Å². The number of fused-ring (bicyclic) bond motifs is 1. The zero-order valence-corrected chi connectivity index (χ0v) is 12.3. The maximum atomic E-state index is 9.92. The Labute approximate surface area is 123 Å². The van der Waals surface area contributed by atoms with Gasteiger partial charge in [-0.2, -0.15) is 0 Å². The third-order valence-corrected chi connectivity index (χ3v) is 3.75. The van der Waals surface area contributed by atoms with Gasteiger partial charge in [-0.1, -0.05) is 18.2 Å². The summed E-state index contributed by atoms with van der Waals surface area (Å²) in [5.74, 6) is 1.01. The Morgan fingerprint density at radius 3 is 2.62 bits per heavy atom. The average molecular weight is 279 g/mol. The lowest BCUT2D eigenvalue weighted by molar-refractivity contribution is 0.463. The summed E-state index contributed by atoms with van der Waals surface area (Å²) in [7, 11) is 0. The third-order valence-electron chi connectivity index (χ3n) is 3.75. The van der Waals surface area contributed by atoms with Crippen LogP contribution in [0.3, 0.4) is 0 Å². The van der Waals surface area contributed by atoms with Crippen molar-refractivity contribution in [1.29, 1.82) is 0 Å². The van der Waals surface area contributed by atoms with Gasteiger partial charge in [-0.15, -0.1) is 0 Å². The van der Waals surface area contributed by atoms with Crippen LogP contribution in [-0.2, 0) is 0 Å². The standard InChI is InChI=1S/C17H17N3O/c1-10-11(2)17(19-12(3)16(10)21)20-14-8-13-6-4-5-7-15(13)18-9-14/h4-9,21H,1-3H3,(H,19,20). The van der Waals surface area contributed by atoms with E-state index in [4.69, 9.17) is 0 Å². The highest BCUT2D eigenvalue weighted by molar-refractivity contribution is 5.82. The molecular weight excluding hydrogens is 262 g/mol. The first-order valence-electron chi connectivity index (χ1n) is 6.85. The minimum atomic E-state index is 0.259. The second-order valence-corrected chi connectivity index (χ2v) is 5.19. The van der Waals surface area contributed by atoms with Gasteiger partial charge >= 0.3 is 0 Å². The highest BCUT2D eigenvalue weighted by Gasteiger charge is 2.11. The summed E-state index contributed by atoms with van der Waals surface area (Å²) in [6.07, 6.45) is 1.79. The van der Waals surface area contributed by atoms with Crippen molar-refractivity contribution in [3.8, 4) is 5.75 Å². The van der Waals surface area contributed by atoms with Crippen molar-refractivity contribution >= 4 is 22.4 Å². The van der Waals surface area contributed by atoms with Crippen molar-refractivity contribution in [2.24, 2.45) is 0 Å². The number of hydrogen-bond acceptors (Lipinski definition) is 4. The van der Waals surface area contributed by atoms with Crippen LogP contribution in [0, 0.1) is 20.8 Å². The topological polar surface area (TPSA) is 58.0 Å². The minimum absolute atomic E-state index is 0.259. The van der Waals surface area contributed by atoms with Gasteiger partial charge in [0, 0.05) is 5.39 Å². The highest BCUT2D eigenvalue weighted by atomic mass is 16.3. The number of aryl methyl sites for hydroxylation is 1. The number of nitrogens with one attached hydrogen (secondary N) is 1. The number of hydrogen-bond donors (Lipinski definition) is 2. The van der Waals surface area contributed by atoms with Crippen LogP contribution in [0.25, 0.3) is 10.9 Å². The number of aromatic hydroxyl groups is 1. The number of pyridine rings is 2. The van der Waals surface area contributed by atoms with Crippen molar-refractivity contribution in [3.05, 3.63) is 53.3 Å². The van der Waals surface area contributed by atoms with Gasteiger partial charge in [0.1, 0.15) is 11.6 Å². The van der Waals surface area contributed by atoms with Crippen LogP contribution >= 0.6 is 0 Å². The van der Waals surface area contributed by atoms with Gasteiger partial charge in [-0.3, -0.25) is 4.98 Å². The van der Waals surface area contributed by atoms with Gasteiger partial charge in [0.15, 0.2) is 0 Å². The lowest BCUT2D eigenvalue weighted by Crippen LogP contribution is -2.01. The quantitative estimate of drug-likeness (QED) is 0.744. The lowest BCUT2D eigenvalue weighted by atomic mass is 10.1. The smallest absolute Gasteiger partial charge is 0.140 e. The van der Waals surface area contributed by atoms with E-state index in [1.807, 2.05) is 44.2 Å². The van der Waals surface area contributed by atoms with Gasteiger partial charge in [0.25, 0.3) is 0 Å². The molecule has 0 saturated carbocycles. The first kappa shape index (κ1) is 13.4. The Balaban J connectivity index is 2.02. The SMILES string of the molecule is Cc1nc(Nc2cnc3ccccc3c2)c(C)c(C)c1O. The number of rotatable bonds is 2. The monoisotopic (exact) mass is 279 g/mol. The molecule has 4 heteroatoms. The summed E-state index contributed by atoms with van der Waals surface area (Å²) in [5, 5.41) is 14.3. The molecule has 0 bridgehead atoms. The average Bonchev–Trinajstić information content (AvgIpc) is 2.50. The predicted octanol–water partition coefficient (Wildman–Crippen LogP) is 4.00. The van der Waals surface area contributed by atoms with Crippen molar-refractivity contribution in [1.82, 2.24) is 9.97 Å². The number of para-hydroxylation sites is 1. The van der Waals surface area contributed by atoms with Gasteiger partial charge in [-0.25, -0.2) is 4.98 Å². The number of aromatic nitrogens is 2. The molecule has 0 unspecified atom stereocenters. The van der Waals surface area contributed by atoms with E-state index in [1.54, 1.807) is 13.1 Å². The lowest BCUT2D eigenvalue weighted by Gasteiger charge is -2.13. The number of benzene rings is 1. The van der Waals surface area contributed by atoms with E-state index in [1.165, 1.54) is 0 Å². The molecule has 3 aromatic rings. The van der Waals surface area contributed by atoms with E-state index in [0.29, 0.717) is 5.69 Å². The maximum Gasteiger partial charge on any atom is 0.140 e. The fourth-order valence-electron chi connectivity index (χ4n) is 2.33. The Bertz CT molecular complexity index is 828. The molecule has 1 aromatic carbocycles. The summed E-state index contributed by atoms with van der Waals surface area (Å²) in [6.45, 7) is 5.63. The summed E-state index contributed by atoms with van der Waals surface area (Å²) in [5.41, 5.74) is 4.25. The van der Waals surface area contributed by atoms with E-state index in [9.17, 15) is 5.11 Å². The molecule has 4 nitrogen and oxygen atoms in total.